The summed E-state index contributed by atoms with van der Waals surface area (Å²) in [5.41, 5.74) is 1.64. The fourth-order valence-corrected chi connectivity index (χ4v) is 4.26. The fourth-order valence-electron chi connectivity index (χ4n) is 4.26. The summed E-state index contributed by atoms with van der Waals surface area (Å²) in [5.74, 6) is -0.457. The number of fused-ring (bicyclic) bond motifs is 1. The van der Waals surface area contributed by atoms with Gasteiger partial charge in [-0.05, 0) is 69.0 Å². The average Bonchev–Trinajstić information content (AvgIpc) is 3.15. The molecule has 2 aliphatic heterocycles. The van der Waals surface area contributed by atoms with Crippen LogP contribution in [0.5, 0.6) is 17.2 Å². The van der Waals surface area contributed by atoms with Crippen LogP contribution >= 0.6 is 0 Å². The van der Waals surface area contributed by atoms with E-state index in [2.05, 4.69) is 4.90 Å². The minimum absolute atomic E-state index is 0.0904. The van der Waals surface area contributed by atoms with Crippen molar-refractivity contribution in [1.82, 2.24) is 4.90 Å². The smallest absolute Gasteiger partial charge is 0.316 e. The summed E-state index contributed by atoms with van der Waals surface area (Å²) in [6, 6.07) is 11.0. The van der Waals surface area contributed by atoms with Gasteiger partial charge in [-0.2, -0.15) is 4.39 Å². The van der Waals surface area contributed by atoms with E-state index in [4.69, 9.17) is 14.2 Å². The van der Waals surface area contributed by atoms with Gasteiger partial charge >= 0.3 is 5.97 Å². The Morgan fingerprint density at radius 2 is 1.94 bits per heavy atom. The van der Waals surface area contributed by atoms with E-state index in [1.54, 1.807) is 26.8 Å². The molecule has 2 heterocycles. The summed E-state index contributed by atoms with van der Waals surface area (Å²) >= 11 is 0. The first-order chi connectivity index (χ1) is 16.8. The molecular formula is C28H33F2NO4. The number of hydrogen-bond acceptors (Lipinski definition) is 5. The largest absolute Gasteiger partial charge is 0.489 e. The molecule has 0 amide bonds. The fraction of sp³-hybridized carbons (Fsp3) is 0.464. The number of nitrogens with zero attached hydrogens (tertiary/aromatic N) is 1. The monoisotopic (exact) mass is 485 g/mol. The Labute approximate surface area is 205 Å². The highest BCUT2D eigenvalue weighted by Gasteiger charge is 2.28. The van der Waals surface area contributed by atoms with Crippen molar-refractivity contribution in [3.8, 4) is 17.2 Å². The van der Waals surface area contributed by atoms with Crippen molar-refractivity contribution in [3.63, 3.8) is 0 Å². The zero-order valence-corrected chi connectivity index (χ0v) is 20.6. The van der Waals surface area contributed by atoms with Crippen molar-refractivity contribution >= 4 is 11.5 Å². The summed E-state index contributed by atoms with van der Waals surface area (Å²) in [4.78, 5) is 14.5. The molecule has 2 aromatic carbocycles. The third-order valence-corrected chi connectivity index (χ3v) is 6.18. The van der Waals surface area contributed by atoms with Crippen LogP contribution in [0, 0.1) is 11.2 Å². The number of carbonyl (C=O) groups is 1. The lowest BCUT2D eigenvalue weighted by Crippen LogP contribution is -2.26. The van der Waals surface area contributed by atoms with Crippen LogP contribution in [-0.4, -0.2) is 49.9 Å². The van der Waals surface area contributed by atoms with Gasteiger partial charge in [0.15, 0.2) is 11.5 Å². The second kappa shape index (κ2) is 10.8. The number of rotatable bonds is 7. The number of hydrogen-bond donors (Lipinski definition) is 0. The van der Waals surface area contributed by atoms with Gasteiger partial charge in [-0.25, -0.2) is 0 Å². The number of benzene rings is 2. The lowest BCUT2D eigenvalue weighted by Gasteiger charge is -2.19. The van der Waals surface area contributed by atoms with E-state index in [1.165, 1.54) is 6.07 Å². The molecular weight excluding hydrogens is 452 g/mol. The highest BCUT2D eigenvalue weighted by atomic mass is 19.1. The molecule has 0 aliphatic carbocycles. The second-order valence-corrected chi connectivity index (χ2v) is 10.0. The molecule has 7 heteroatoms. The van der Waals surface area contributed by atoms with Gasteiger partial charge < -0.3 is 14.2 Å². The Morgan fingerprint density at radius 3 is 2.66 bits per heavy atom. The number of alkyl halides is 1. The molecule has 2 aliphatic rings. The maximum atomic E-state index is 15.3. The number of esters is 1. The molecule has 1 atom stereocenters. The zero-order valence-electron chi connectivity index (χ0n) is 20.6. The van der Waals surface area contributed by atoms with Crippen LogP contribution in [0.1, 0.15) is 51.2 Å². The van der Waals surface area contributed by atoms with Crippen molar-refractivity contribution in [2.24, 2.45) is 5.41 Å². The highest BCUT2D eigenvalue weighted by Crippen LogP contribution is 2.40. The van der Waals surface area contributed by atoms with Gasteiger partial charge in [0.1, 0.15) is 11.9 Å². The van der Waals surface area contributed by atoms with E-state index in [9.17, 15) is 9.18 Å². The van der Waals surface area contributed by atoms with Gasteiger partial charge in [0, 0.05) is 31.6 Å². The molecule has 0 saturated carbocycles. The molecule has 5 nitrogen and oxygen atoms in total. The van der Waals surface area contributed by atoms with Crippen LogP contribution in [0.4, 0.5) is 8.78 Å². The van der Waals surface area contributed by atoms with Crippen LogP contribution in [-0.2, 0) is 4.79 Å². The first kappa shape index (κ1) is 25.2. The highest BCUT2D eigenvalue weighted by molar-refractivity contribution is 5.84. The lowest BCUT2D eigenvalue weighted by atomic mass is 9.96. The standard InChI is InChI=1S/C28H33F2NO4/c1-28(2,3)27(32)35-24-12-11-23-22(6-4-17-33-26(23)25(24)30)19-7-9-20(10-8-19)34-21-13-16-31(18-21)15-5-14-29/h6-12,21H,4-5,13-18H2,1-3H3/t21-/m0/s1. The molecule has 188 valence electrons. The van der Waals surface area contributed by atoms with E-state index in [0.717, 1.165) is 42.9 Å². The molecule has 1 saturated heterocycles. The molecule has 0 unspecified atom stereocenters. The quantitative estimate of drug-likeness (QED) is 0.366. The molecule has 2 aromatic rings. The predicted molar refractivity (Wildman–Crippen MR) is 131 cm³/mol. The first-order valence-electron chi connectivity index (χ1n) is 12.2. The van der Waals surface area contributed by atoms with Gasteiger partial charge in [0.2, 0.25) is 5.82 Å². The van der Waals surface area contributed by atoms with Gasteiger partial charge in [0.05, 0.1) is 18.7 Å². The molecule has 0 radical (unpaired) electrons. The molecule has 0 spiro atoms. The third-order valence-electron chi connectivity index (χ3n) is 6.18. The average molecular weight is 486 g/mol. The van der Waals surface area contributed by atoms with Crippen LogP contribution in [0.2, 0.25) is 0 Å². The van der Waals surface area contributed by atoms with E-state index >= 15 is 4.39 Å². The Morgan fingerprint density at radius 1 is 1.17 bits per heavy atom. The lowest BCUT2D eigenvalue weighted by molar-refractivity contribution is -0.143. The molecule has 1 fully saturated rings. The number of halogens is 2. The van der Waals surface area contributed by atoms with Crippen molar-refractivity contribution in [1.29, 1.82) is 0 Å². The minimum atomic E-state index is -0.750. The van der Waals surface area contributed by atoms with Crippen LogP contribution in [0.15, 0.2) is 42.5 Å². The Kier molecular flexibility index (Phi) is 7.75. The van der Waals surface area contributed by atoms with Gasteiger partial charge in [-0.3, -0.25) is 14.1 Å². The van der Waals surface area contributed by atoms with Gasteiger partial charge in [0.25, 0.3) is 0 Å². The van der Waals surface area contributed by atoms with Crippen molar-refractivity contribution in [2.45, 2.75) is 46.1 Å². The van der Waals surface area contributed by atoms with E-state index in [-0.39, 0.29) is 24.3 Å². The van der Waals surface area contributed by atoms with Crippen LogP contribution in [0.25, 0.3) is 5.57 Å². The molecule has 0 bridgehead atoms. The molecule has 0 aromatic heterocycles. The number of carbonyl (C=O) groups excluding carboxylic acids is 1. The Bertz CT molecular complexity index is 1080. The SMILES string of the molecule is CC(C)(C)C(=O)Oc1ccc2c(c1F)OCCC=C2c1ccc(O[C@H]2CCN(CCCF)C2)cc1. The topological polar surface area (TPSA) is 48.0 Å². The number of ether oxygens (including phenoxy) is 3. The molecule has 0 N–H and O–H groups in total. The molecule has 4 rings (SSSR count). The maximum Gasteiger partial charge on any atom is 0.316 e. The van der Waals surface area contributed by atoms with Crippen molar-refractivity contribution in [3.05, 3.63) is 59.4 Å². The zero-order chi connectivity index (χ0) is 25.0. The van der Waals surface area contributed by atoms with Gasteiger partial charge in [-0.1, -0.05) is 18.2 Å². The Balaban J connectivity index is 1.49. The van der Waals surface area contributed by atoms with Crippen LogP contribution < -0.4 is 14.2 Å². The summed E-state index contributed by atoms with van der Waals surface area (Å²) in [7, 11) is 0. The molecule has 35 heavy (non-hydrogen) atoms. The van der Waals surface area contributed by atoms with Crippen molar-refractivity contribution < 1.29 is 27.8 Å². The predicted octanol–water partition coefficient (Wildman–Crippen LogP) is 5.80. The van der Waals surface area contributed by atoms with E-state index in [1.807, 2.05) is 30.3 Å². The minimum Gasteiger partial charge on any atom is -0.489 e. The maximum absolute atomic E-state index is 15.3. The van der Waals surface area contributed by atoms with Crippen molar-refractivity contribution in [2.75, 3.05) is 32.9 Å². The van der Waals surface area contributed by atoms with Crippen LogP contribution in [0.3, 0.4) is 0 Å². The summed E-state index contributed by atoms with van der Waals surface area (Å²) < 4.78 is 44.9. The summed E-state index contributed by atoms with van der Waals surface area (Å²) in [6.07, 6.45) is 4.22. The third kappa shape index (κ3) is 6.01. The first-order valence-corrected chi connectivity index (χ1v) is 12.2. The van der Waals surface area contributed by atoms with E-state index in [0.29, 0.717) is 25.0 Å². The normalized spacial score (nSPS) is 18.3. The van der Waals surface area contributed by atoms with Gasteiger partial charge in [-0.15, -0.1) is 0 Å². The summed E-state index contributed by atoms with van der Waals surface area (Å²) in [6.45, 7) is 7.68. The van der Waals surface area contributed by atoms with E-state index < -0.39 is 17.2 Å². The summed E-state index contributed by atoms with van der Waals surface area (Å²) in [5, 5.41) is 0. The Hall–Kier alpha value is -2.93. The second-order valence-electron chi connectivity index (χ2n) is 10.0. The number of likely N-dealkylation sites (tertiary alicyclic amines) is 1.